The van der Waals surface area contributed by atoms with Gasteiger partial charge in [0.25, 0.3) is 5.91 Å². The maximum absolute atomic E-state index is 12.5. The number of nitrogens with zero attached hydrogens (tertiary/aromatic N) is 1. The molecule has 2 heterocycles. The second-order valence-electron chi connectivity index (χ2n) is 7.88. The molecule has 3 rings (SSSR count). The number of aromatic amines is 1. The van der Waals surface area contributed by atoms with E-state index < -0.39 is 0 Å². The van der Waals surface area contributed by atoms with Crippen molar-refractivity contribution in [2.45, 2.75) is 52.1 Å². The molecule has 1 atom stereocenters. The van der Waals surface area contributed by atoms with E-state index in [-0.39, 0.29) is 43.0 Å². The molecule has 176 valence electrons. The monoisotopic (exact) mass is 446 g/mol. The first-order chi connectivity index (χ1) is 15.3. The Labute approximate surface area is 188 Å². The van der Waals surface area contributed by atoms with Gasteiger partial charge in [0.1, 0.15) is 11.4 Å². The van der Waals surface area contributed by atoms with Crippen molar-refractivity contribution in [2.24, 2.45) is 0 Å². The van der Waals surface area contributed by atoms with E-state index in [9.17, 15) is 19.5 Å². The molecule has 0 aliphatic carbocycles. The third kappa shape index (κ3) is 6.46. The van der Waals surface area contributed by atoms with Gasteiger partial charge in [-0.3, -0.25) is 14.4 Å². The molecular formula is C23H34N4O5. The number of aromatic nitrogens is 1. The summed E-state index contributed by atoms with van der Waals surface area (Å²) < 4.78 is 5.29. The van der Waals surface area contributed by atoms with Crippen LogP contribution in [0.1, 0.15) is 50.5 Å². The Morgan fingerprint density at radius 3 is 2.56 bits per heavy atom. The van der Waals surface area contributed by atoms with Gasteiger partial charge in [-0.2, -0.15) is 0 Å². The van der Waals surface area contributed by atoms with Crippen molar-refractivity contribution in [3.63, 3.8) is 0 Å². The Kier molecular flexibility index (Phi) is 9.52. The molecule has 1 unspecified atom stereocenters. The summed E-state index contributed by atoms with van der Waals surface area (Å²) in [6.07, 6.45) is 2.41. The fourth-order valence-electron chi connectivity index (χ4n) is 3.66. The lowest BCUT2D eigenvalue weighted by Crippen LogP contribution is -2.50. The number of rotatable bonds is 8. The fraction of sp³-hybridized carbons (Fsp3) is 0.522. The number of ether oxygens (including phenoxy) is 1. The number of aliphatic hydroxyl groups is 1. The van der Waals surface area contributed by atoms with Gasteiger partial charge >= 0.3 is 0 Å². The second-order valence-corrected chi connectivity index (χ2v) is 7.88. The van der Waals surface area contributed by atoms with E-state index in [1.807, 2.05) is 39.0 Å². The smallest absolute Gasteiger partial charge is 0.268 e. The fourth-order valence-corrected chi connectivity index (χ4v) is 3.66. The zero-order valence-corrected chi connectivity index (χ0v) is 19.2. The first kappa shape index (κ1) is 25.2. The highest BCUT2D eigenvalue weighted by Crippen LogP contribution is 2.25. The lowest BCUT2D eigenvalue weighted by Gasteiger charge is -2.33. The van der Waals surface area contributed by atoms with Crippen LogP contribution < -0.4 is 15.4 Å². The van der Waals surface area contributed by atoms with E-state index in [0.717, 1.165) is 30.3 Å². The summed E-state index contributed by atoms with van der Waals surface area (Å²) in [4.78, 5) is 39.7. The van der Waals surface area contributed by atoms with Crippen LogP contribution in [0.3, 0.4) is 0 Å². The van der Waals surface area contributed by atoms with E-state index in [0.29, 0.717) is 17.9 Å². The number of carbonyl (C=O) groups is 3. The molecule has 4 N–H and O–H groups in total. The minimum absolute atomic E-state index is 0.0613. The third-order valence-electron chi connectivity index (χ3n) is 5.31. The Morgan fingerprint density at radius 2 is 2.06 bits per heavy atom. The number of aliphatic hydroxyl groups excluding tert-OH is 1. The van der Waals surface area contributed by atoms with Crippen molar-refractivity contribution in [1.29, 1.82) is 0 Å². The number of fused-ring (bicyclic) bond motifs is 1. The molecule has 32 heavy (non-hydrogen) atoms. The van der Waals surface area contributed by atoms with Crippen molar-refractivity contribution in [2.75, 3.05) is 26.8 Å². The topological polar surface area (TPSA) is 124 Å². The first-order valence-corrected chi connectivity index (χ1v) is 10.9. The Morgan fingerprint density at radius 1 is 1.31 bits per heavy atom. The summed E-state index contributed by atoms with van der Waals surface area (Å²) in [5.74, 6) is 0.295. The average Bonchev–Trinajstić information content (AvgIpc) is 3.44. The minimum atomic E-state index is -0.364. The van der Waals surface area contributed by atoms with Gasteiger partial charge in [-0.25, -0.2) is 0 Å². The molecule has 2 aromatic rings. The number of carbonyl (C=O) groups excluding carboxylic acids is 3. The number of amides is 3. The van der Waals surface area contributed by atoms with Crippen LogP contribution in [0, 0.1) is 0 Å². The lowest BCUT2D eigenvalue weighted by molar-refractivity contribution is -0.135. The highest BCUT2D eigenvalue weighted by molar-refractivity contribution is 6.00. The molecule has 9 heteroatoms. The average molecular weight is 447 g/mol. The largest absolute Gasteiger partial charge is 0.496 e. The normalized spacial score (nSPS) is 13.9. The van der Waals surface area contributed by atoms with Gasteiger partial charge in [0.05, 0.1) is 26.3 Å². The number of hydrogen-bond donors (Lipinski definition) is 4. The quantitative estimate of drug-likeness (QED) is 0.492. The van der Waals surface area contributed by atoms with Crippen LogP contribution in [-0.2, 0) is 9.59 Å². The molecule has 3 amide bonds. The van der Waals surface area contributed by atoms with Crippen LogP contribution >= 0.6 is 0 Å². The summed E-state index contributed by atoms with van der Waals surface area (Å²) in [7, 11) is 1.58. The second kappa shape index (κ2) is 12.1. The van der Waals surface area contributed by atoms with E-state index in [1.165, 1.54) is 0 Å². The van der Waals surface area contributed by atoms with Crippen LogP contribution in [0.25, 0.3) is 10.9 Å². The van der Waals surface area contributed by atoms with Gasteiger partial charge in [-0.1, -0.05) is 13.0 Å². The number of methoxy groups -OCH3 is 1. The molecule has 0 radical (unpaired) electrons. The molecule has 1 aromatic carbocycles. The zero-order chi connectivity index (χ0) is 23.7. The summed E-state index contributed by atoms with van der Waals surface area (Å²) >= 11 is 0. The van der Waals surface area contributed by atoms with Gasteiger partial charge in [0.2, 0.25) is 11.8 Å². The van der Waals surface area contributed by atoms with Crippen LogP contribution in [0.4, 0.5) is 0 Å². The van der Waals surface area contributed by atoms with E-state index >= 15 is 0 Å². The summed E-state index contributed by atoms with van der Waals surface area (Å²) in [5, 5.41) is 15.6. The summed E-state index contributed by atoms with van der Waals surface area (Å²) in [5.41, 5.74) is 1.15. The van der Waals surface area contributed by atoms with Gasteiger partial charge in [-0.05, 0) is 44.9 Å². The van der Waals surface area contributed by atoms with Crippen molar-refractivity contribution >= 4 is 28.6 Å². The highest BCUT2D eigenvalue weighted by Gasteiger charge is 2.25. The maximum Gasteiger partial charge on any atom is 0.268 e. The predicted molar refractivity (Wildman–Crippen MR) is 123 cm³/mol. The van der Waals surface area contributed by atoms with Gasteiger partial charge < -0.3 is 30.4 Å². The Bertz CT molecular complexity index is 912. The Hall–Kier alpha value is -3.07. The number of H-pyrrole nitrogens is 1. The summed E-state index contributed by atoms with van der Waals surface area (Å²) in [6, 6.07) is 6.90. The number of benzene rings is 1. The van der Waals surface area contributed by atoms with Crippen molar-refractivity contribution in [1.82, 2.24) is 20.5 Å². The molecule has 0 saturated carbocycles. The third-order valence-corrected chi connectivity index (χ3v) is 5.31. The van der Waals surface area contributed by atoms with Gasteiger partial charge in [-0.15, -0.1) is 0 Å². The molecular weight excluding hydrogens is 412 g/mol. The standard InChI is InChI=1S/C19H27N3O4.C4H7NO/c1-5-13(11-23)22(12(2)3)18(24)10-20-19(25)16-9-14-15(21-16)7-6-8-17(14)26-4;6-4-2-1-3-5-4/h6-9,12-13,21,23H,5,10-11H2,1-4H3,(H,20,25);1-3H2,(H,5,6). The molecule has 1 fully saturated rings. The lowest BCUT2D eigenvalue weighted by atomic mass is 10.1. The molecule has 1 aliphatic rings. The minimum Gasteiger partial charge on any atom is -0.496 e. The van der Waals surface area contributed by atoms with Crippen LogP contribution in [0.5, 0.6) is 5.75 Å². The number of nitrogens with one attached hydrogen (secondary N) is 3. The molecule has 9 nitrogen and oxygen atoms in total. The zero-order valence-electron chi connectivity index (χ0n) is 19.2. The van der Waals surface area contributed by atoms with Gasteiger partial charge in [0.15, 0.2) is 0 Å². The predicted octanol–water partition coefficient (Wildman–Crippen LogP) is 1.81. The highest BCUT2D eigenvalue weighted by atomic mass is 16.5. The van der Waals surface area contributed by atoms with Crippen molar-refractivity contribution in [3.05, 3.63) is 30.0 Å². The molecule has 1 aliphatic heterocycles. The Balaban J connectivity index is 0.000000520. The van der Waals surface area contributed by atoms with E-state index in [2.05, 4.69) is 15.6 Å². The van der Waals surface area contributed by atoms with E-state index in [1.54, 1.807) is 18.1 Å². The van der Waals surface area contributed by atoms with Crippen LogP contribution in [0.15, 0.2) is 24.3 Å². The van der Waals surface area contributed by atoms with Crippen molar-refractivity contribution in [3.8, 4) is 5.75 Å². The maximum atomic E-state index is 12.5. The molecule has 1 saturated heterocycles. The molecule has 0 bridgehead atoms. The van der Waals surface area contributed by atoms with E-state index in [4.69, 9.17) is 4.74 Å². The van der Waals surface area contributed by atoms with Crippen LogP contribution in [-0.4, -0.2) is 71.6 Å². The van der Waals surface area contributed by atoms with Crippen LogP contribution in [0.2, 0.25) is 0 Å². The SMILES string of the molecule is CCC(CO)N(C(=O)CNC(=O)c1cc2c(OC)cccc2[nH]1)C(C)C.O=C1CCCN1. The number of hydrogen-bond acceptors (Lipinski definition) is 5. The van der Waals surface area contributed by atoms with Gasteiger partial charge in [0, 0.05) is 29.9 Å². The molecule has 1 aromatic heterocycles. The summed E-state index contributed by atoms with van der Waals surface area (Å²) in [6.45, 7) is 6.36. The first-order valence-electron chi connectivity index (χ1n) is 10.9. The molecule has 0 spiro atoms. The van der Waals surface area contributed by atoms with Crippen molar-refractivity contribution < 1.29 is 24.2 Å².